The van der Waals surface area contributed by atoms with Gasteiger partial charge in [0.15, 0.2) is 8.32 Å². The third-order valence-electron chi connectivity index (χ3n) is 3.97. The number of imide groups is 1. The van der Waals surface area contributed by atoms with Crippen LogP contribution in [-0.2, 0) is 9.22 Å². The smallest absolute Gasteiger partial charge is 0.414 e. The maximum absolute atomic E-state index is 11.4. The molecule has 1 unspecified atom stereocenters. The molecule has 0 radical (unpaired) electrons. The van der Waals surface area contributed by atoms with Gasteiger partial charge >= 0.3 is 6.09 Å². The molecule has 0 aromatic heterocycles. The van der Waals surface area contributed by atoms with Crippen molar-refractivity contribution in [1.29, 1.82) is 0 Å². The molecule has 0 bridgehead atoms. The minimum absolute atomic E-state index is 0.0870. The topological polar surface area (TPSA) is 66.8 Å². The summed E-state index contributed by atoms with van der Waals surface area (Å²) in [5.74, 6) is -0.314. The largest absolute Gasteiger partial charge is 0.465 e. The van der Waals surface area contributed by atoms with E-state index >= 15 is 0 Å². The lowest BCUT2D eigenvalue weighted by atomic mass is 10.2. The minimum atomic E-state index is -1.89. The zero-order valence-corrected chi connectivity index (χ0v) is 12.8. The fourth-order valence-corrected chi connectivity index (χ4v) is 2.73. The molecule has 0 spiro atoms. The maximum Gasteiger partial charge on any atom is 0.414 e. The molecule has 0 aromatic rings. The second-order valence-electron chi connectivity index (χ2n) is 6.31. The zero-order valence-electron chi connectivity index (χ0n) is 11.8. The summed E-state index contributed by atoms with van der Waals surface area (Å²) in [7, 11) is -1.89. The average molecular weight is 273 g/mol. The van der Waals surface area contributed by atoms with E-state index in [2.05, 4.69) is 33.9 Å². The highest BCUT2D eigenvalue weighted by atomic mass is 28.4. The first-order valence-corrected chi connectivity index (χ1v) is 9.16. The molecule has 2 amide bonds. The number of amides is 2. The highest BCUT2D eigenvalue weighted by Crippen LogP contribution is 2.37. The van der Waals surface area contributed by atoms with Crippen molar-refractivity contribution in [3.63, 3.8) is 0 Å². The van der Waals surface area contributed by atoms with Gasteiger partial charge in [0.25, 0.3) is 0 Å². The van der Waals surface area contributed by atoms with Crippen molar-refractivity contribution in [2.24, 2.45) is 0 Å². The second kappa shape index (κ2) is 5.01. The fraction of sp³-hybridized carbons (Fsp3) is 0.833. The lowest BCUT2D eigenvalue weighted by Gasteiger charge is -2.37. The zero-order chi connectivity index (χ0) is 14.1. The van der Waals surface area contributed by atoms with Gasteiger partial charge in [0.2, 0.25) is 5.91 Å². The Kier molecular flexibility index (Phi) is 4.22. The first-order chi connectivity index (χ1) is 8.06. The standard InChI is InChI=1S/C12H23NO4Si/c1-12(2,3)18(4,5)17-8-9-6-7-10(14)13(9)11(15)16/h9H,6-8H2,1-5H3,(H,15,16). The Morgan fingerprint density at radius 2 is 2.06 bits per heavy atom. The molecule has 0 saturated carbocycles. The van der Waals surface area contributed by atoms with E-state index in [-0.39, 0.29) is 17.0 Å². The molecule has 5 nitrogen and oxygen atoms in total. The number of carbonyl (C=O) groups excluding carboxylic acids is 1. The van der Waals surface area contributed by atoms with Gasteiger partial charge in [-0.2, -0.15) is 0 Å². The first kappa shape index (κ1) is 15.2. The number of rotatable bonds is 3. The second-order valence-corrected chi connectivity index (χ2v) is 11.1. The Labute approximate surface area is 109 Å². The number of carboxylic acid groups (broad SMARTS) is 1. The number of hydrogen-bond donors (Lipinski definition) is 1. The summed E-state index contributed by atoms with van der Waals surface area (Å²) >= 11 is 0. The maximum atomic E-state index is 11.4. The van der Waals surface area contributed by atoms with Crippen molar-refractivity contribution in [3.05, 3.63) is 0 Å². The molecule has 1 saturated heterocycles. The summed E-state index contributed by atoms with van der Waals surface area (Å²) in [5.41, 5.74) is 0. The van der Waals surface area contributed by atoms with E-state index in [1.165, 1.54) is 0 Å². The van der Waals surface area contributed by atoms with E-state index in [1.54, 1.807) is 0 Å². The van der Waals surface area contributed by atoms with Gasteiger partial charge < -0.3 is 9.53 Å². The van der Waals surface area contributed by atoms with Crippen LogP contribution in [0.2, 0.25) is 18.1 Å². The summed E-state index contributed by atoms with van der Waals surface area (Å²) in [6.07, 6.45) is -0.293. The SMILES string of the molecule is CC(C)(C)[Si](C)(C)OCC1CCC(=O)N1C(=O)O. The van der Waals surface area contributed by atoms with Crippen molar-refractivity contribution < 1.29 is 19.1 Å². The number of carbonyl (C=O) groups is 2. The van der Waals surface area contributed by atoms with Gasteiger partial charge in [-0.1, -0.05) is 20.8 Å². The van der Waals surface area contributed by atoms with Gasteiger partial charge in [-0.3, -0.25) is 4.79 Å². The van der Waals surface area contributed by atoms with E-state index in [1.807, 2.05) is 0 Å². The summed E-state index contributed by atoms with van der Waals surface area (Å²) in [4.78, 5) is 23.4. The van der Waals surface area contributed by atoms with Crippen LogP contribution in [0.3, 0.4) is 0 Å². The van der Waals surface area contributed by atoms with E-state index < -0.39 is 14.4 Å². The molecule has 1 aliphatic heterocycles. The Hall–Kier alpha value is -0.883. The van der Waals surface area contributed by atoms with Gasteiger partial charge in [-0.25, -0.2) is 9.69 Å². The van der Waals surface area contributed by atoms with Crippen molar-refractivity contribution in [2.75, 3.05) is 6.61 Å². The lowest BCUT2D eigenvalue weighted by Crippen LogP contribution is -2.46. The fourth-order valence-electron chi connectivity index (χ4n) is 1.69. The molecule has 0 aromatic carbocycles. The predicted octanol–water partition coefficient (Wildman–Crippen LogP) is 2.68. The summed E-state index contributed by atoms with van der Waals surface area (Å²) in [6.45, 7) is 11.0. The van der Waals surface area contributed by atoms with Crippen LogP contribution in [0.15, 0.2) is 0 Å². The highest BCUT2D eigenvalue weighted by Gasteiger charge is 2.41. The summed E-state index contributed by atoms with van der Waals surface area (Å²) < 4.78 is 5.99. The van der Waals surface area contributed by atoms with Crippen molar-refractivity contribution in [2.45, 2.75) is 57.8 Å². The summed E-state index contributed by atoms with van der Waals surface area (Å²) in [6, 6.07) is -0.316. The van der Waals surface area contributed by atoms with Gasteiger partial charge in [0.05, 0.1) is 12.6 Å². The monoisotopic (exact) mass is 273 g/mol. The van der Waals surface area contributed by atoms with Gasteiger partial charge in [0, 0.05) is 6.42 Å². The summed E-state index contributed by atoms with van der Waals surface area (Å²) in [5, 5.41) is 9.09. The van der Waals surface area contributed by atoms with E-state index in [9.17, 15) is 9.59 Å². The van der Waals surface area contributed by atoms with Crippen LogP contribution in [0.4, 0.5) is 4.79 Å². The van der Waals surface area contributed by atoms with Gasteiger partial charge in [-0.15, -0.1) is 0 Å². The Bertz CT molecular complexity index is 348. The molecule has 104 valence electrons. The van der Waals surface area contributed by atoms with E-state index in [0.717, 1.165) is 4.90 Å². The van der Waals surface area contributed by atoms with Crippen LogP contribution in [0.5, 0.6) is 0 Å². The molecule has 1 heterocycles. The Balaban J connectivity index is 2.64. The molecule has 0 aliphatic carbocycles. The molecule has 6 heteroatoms. The molecule has 1 aliphatic rings. The lowest BCUT2D eigenvalue weighted by molar-refractivity contribution is -0.127. The van der Waals surface area contributed by atoms with Gasteiger partial charge in [-0.05, 0) is 24.6 Å². The van der Waals surface area contributed by atoms with Crippen LogP contribution in [0.1, 0.15) is 33.6 Å². The normalized spacial score (nSPS) is 21.5. The van der Waals surface area contributed by atoms with Gasteiger partial charge in [0.1, 0.15) is 0 Å². The number of hydrogen-bond acceptors (Lipinski definition) is 3. The van der Waals surface area contributed by atoms with E-state index in [0.29, 0.717) is 19.4 Å². The Morgan fingerprint density at radius 1 is 1.50 bits per heavy atom. The Morgan fingerprint density at radius 3 is 2.50 bits per heavy atom. The number of likely N-dealkylation sites (tertiary alicyclic amines) is 1. The quantitative estimate of drug-likeness (QED) is 0.803. The molecule has 1 N–H and O–H groups in total. The predicted molar refractivity (Wildman–Crippen MR) is 71.0 cm³/mol. The van der Waals surface area contributed by atoms with Crippen molar-refractivity contribution in [3.8, 4) is 0 Å². The molecule has 1 atom stereocenters. The molecule has 1 rings (SSSR count). The van der Waals surface area contributed by atoms with Crippen LogP contribution < -0.4 is 0 Å². The molecule has 18 heavy (non-hydrogen) atoms. The van der Waals surface area contributed by atoms with Crippen molar-refractivity contribution >= 4 is 20.3 Å². The number of nitrogens with zero attached hydrogens (tertiary/aromatic N) is 1. The van der Waals surface area contributed by atoms with Crippen molar-refractivity contribution in [1.82, 2.24) is 4.90 Å². The highest BCUT2D eigenvalue weighted by molar-refractivity contribution is 6.74. The van der Waals surface area contributed by atoms with E-state index in [4.69, 9.17) is 9.53 Å². The van der Waals surface area contributed by atoms with Crippen LogP contribution in [-0.4, -0.2) is 43.0 Å². The molecule has 1 fully saturated rings. The minimum Gasteiger partial charge on any atom is -0.465 e. The van der Waals surface area contributed by atoms with Crippen LogP contribution in [0, 0.1) is 0 Å². The molecular formula is C12H23NO4Si. The molecular weight excluding hydrogens is 250 g/mol. The van der Waals surface area contributed by atoms with Crippen LogP contribution >= 0.6 is 0 Å². The first-order valence-electron chi connectivity index (χ1n) is 6.25. The third kappa shape index (κ3) is 3.11. The van der Waals surface area contributed by atoms with Crippen LogP contribution in [0.25, 0.3) is 0 Å². The average Bonchev–Trinajstić information content (AvgIpc) is 2.55. The third-order valence-corrected chi connectivity index (χ3v) is 8.47.